The molecule has 1 aromatic carbocycles. The van der Waals surface area contributed by atoms with Gasteiger partial charge >= 0.3 is 0 Å². The van der Waals surface area contributed by atoms with Gasteiger partial charge in [-0.15, -0.1) is 0 Å². The van der Waals surface area contributed by atoms with Gasteiger partial charge in [-0.05, 0) is 43.9 Å². The van der Waals surface area contributed by atoms with E-state index in [1.54, 1.807) is 7.11 Å². The normalized spacial score (nSPS) is 19.2. The number of hydrogen-bond acceptors (Lipinski definition) is 3. The molecule has 3 rings (SSSR count). The SMILES string of the molecule is COc1ccc(N2CCCC2)cc1NC(=O)C1CCCCC1. The second kappa shape index (κ2) is 7.03. The highest BCUT2D eigenvalue weighted by Gasteiger charge is 2.22. The van der Waals surface area contributed by atoms with E-state index in [2.05, 4.69) is 22.3 Å². The van der Waals surface area contributed by atoms with Crippen LogP contribution in [-0.4, -0.2) is 26.1 Å². The molecule has 0 atom stereocenters. The fourth-order valence-electron chi connectivity index (χ4n) is 3.57. The van der Waals surface area contributed by atoms with Gasteiger partial charge in [0.1, 0.15) is 5.75 Å². The van der Waals surface area contributed by atoms with Crippen LogP contribution in [0, 0.1) is 5.92 Å². The van der Waals surface area contributed by atoms with Crippen molar-refractivity contribution in [2.24, 2.45) is 5.92 Å². The minimum Gasteiger partial charge on any atom is -0.495 e. The topological polar surface area (TPSA) is 41.6 Å². The predicted octanol–water partition coefficient (Wildman–Crippen LogP) is 3.81. The van der Waals surface area contributed by atoms with Crippen LogP contribution >= 0.6 is 0 Å². The highest BCUT2D eigenvalue weighted by Crippen LogP contribution is 2.32. The Morgan fingerprint density at radius 2 is 1.86 bits per heavy atom. The van der Waals surface area contributed by atoms with E-state index in [1.165, 1.54) is 37.8 Å². The molecule has 4 heteroatoms. The first-order chi connectivity index (χ1) is 10.8. The van der Waals surface area contributed by atoms with Crippen LogP contribution in [0.25, 0.3) is 0 Å². The van der Waals surface area contributed by atoms with Gasteiger partial charge < -0.3 is 15.0 Å². The molecular weight excluding hydrogens is 276 g/mol. The van der Waals surface area contributed by atoms with Crippen molar-refractivity contribution in [2.75, 3.05) is 30.4 Å². The highest BCUT2D eigenvalue weighted by atomic mass is 16.5. The number of hydrogen-bond donors (Lipinski definition) is 1. The second-order valence-corrected chi connectivity index (χ2v) is 6.40. The lowest BCUT2D eigenvalue weighted by Crippen LogP contribution is -2.25. The lowest BCUT2D eigenvalue weighted by molar-refractivity contribution is -0.120. The molecule has 0 bridgehead atoms. The maximum absolute atomic E-state index is 12.5. The van der Waals surface area contributed by atoms with Gasteiger partial charge in [-0.25, -0.2) is 0 Å². The predicted molar refractivity (Wildman–Crippen MR) is 89.6 cm³/mol. The Hall–Kier alpha value is -1.71. The number of nitrogens with zero attached hydrogens (tertiary/aromatic N) is 1. The van der Waals surface area contributed by atoms with Crippen molar-refractivity contribution in [3.63, 3.8) is 0 Å². The molecule has 1 aliphatic carbocycles. The summed E-state index contributed by atoms with van der Waals surface area (Å²) in [4.78, 5) is 14.9. The Labute approximate surface area is 132 Å². The van der Waals surface area contributed by atoms with Gasteiger partial charge in [0.25, 0.3) is 0 Å². The van der Waals surface area contributed by atoms with Crippen LogP contribution in [0.1, 0.15) is 44.9 Å². The van der Waals surface area contributed by atoms with Crippen LogP contribution in [0.2, 0.25) is 0 Å². The molecule has 0 unspecified atom stereocenters. The summed E-state index contributed by atoms with van der Waals surface area (Å²) in [6.07, 6.45) is 8.12. The van der Waals surface area contributed by atoms with E-state index in [1.807, 2.05) is 6.07 Å². The van der Waals surface area contributed by atoms with Gasteiger partial charge in [0.05, 0.1) is 12.8 Å². The van der Waals surface area contributed by atoms with Crippen molar-refractivity contribution < 1.29 is 9.53 Å². The zero-order valence-corrected chi connectivity index (χ0v) is 13.4. The van der Waals surface area contributed by atoms with Gasteiger partial charge in [0.15, 0.2) is 0 Å². The maximum Gasteiger partial charge on any atom is 0.227 e. The lowest BCUT2D eigenvalue weighted by Gasteiger charge is -2.23. The van der Waals surface area contributed by atoms with E-state index in [4.69, 9.17) is 4.74 Å². The Balaban J connectivity index is 1.75. The smallest absolute Gasteiger partial charge is 0.227 e. The highest BCUT2D eigenvalue weighted by molar-refractivity contribution is 5.94. The van der Waals surface area contributed by atoms with Crippen molar-refractivity contribution in [3.8, 4) is 5.75 Å². The lowest BCUT2D eigenvalue weighted by atomic mass is 9.88. The van der Waals surface area contributed by atoms with Crippen molar-refractivity contribution >= 4 is 17.3 Å². The minimum atomic E-state index is 0.150. The number of carbonyl (C=O) groups excluding carboxylic acids is 1. The molecule has 1 amide bonds. The Bertz CT molecular complexity index is 518. The largest absolute Gasteiger partial charge is 0.495 e. The van der Waals surface area contributed by atoms with Crippen LogP contribution < -0.4 is 15.0 Å². The zero-order chi connectivity index (χ0) is 15.4. The first-order valence-corrected chi connectivity index (χ1v) is 8.52. The summed E-state index contributed by atoms with van der Waals surface area (Å²) in [5.41, 5.74) is 1.99. The van der Waals surface area contributed by atoms with Crippen molar-refractivity contribution in [1.29, 1.82) is 0 Å². The quantitative estimate of drug-likeness (QED) is 0.919. The number of rotatable bonds is 4. The van der Waals surface area contributed by atoms with E-state index < -0.39 is 0 Å². The van der Waals surface area contributed by atoms with Gasteiger partial charge in [-0.2, -0.15) is 0 Å². The molecule has 0 aromatic heterocycles. The van der Waals surface area contributed by atoms with Crippen molar-refractivity contribution in [3.05, 3.63) is 18.2 Å². The maximum atomic E-state index is 12.5. The third-order valence-electron chi connectivity index (χ3n) is 4.89. The van der Waals surface area contributed by atoms with E-state index in [0.29, 0.717) is 0 Å². The number of methoxy groups -OCH3 is 1. The average Bonchev–Trinajstić information content (AvgIpc) is 3.10. The van der Waals surface area contributed by atoms with E-state index >= 15 is 0 Å². The third-order valence-corrected chi connectivity index (χ3v) is 4.89. The molecule has 4 nitrogen and oxygen atoms in total. The fraction of sp³-hybridized carbons (Fsp3) is 0.611. The van der Waals surface area contributed by atoms with Crippen LogP contribution in [0.5, 0.6) is 5.75 Å². The van der Waals surface area contributed by atoms with Gasteiger partial charge in [-0.3, -0.25) is 4.79 Å². The molecule has 22 heavy (non-hydrogen) atoms. The number of carbonyl (C=O) groups is 1. The summed E-state index contributed by atoms with van der Waals surface area (Å²) in [5, 5.41) is 3.10. The zero-order valence-electron chi connectivity index (χ0n) is 13.4. The molecule has 1 aromatic rings. The Morgan fingerprint density at radius 3 is 2.55 bits per heavy atom. The van der Waals surface area contributed by atoms with Crippen LogP contribution in [0.15, 0.2) is 18.2 Å². The number of ether oxygens (including phenoxy) is 1. The molecule has 1 saturated heterocycles. The first kappa shape index (κ1) is 15.2. The van der Waals surface area contributed by atoms with Gasteiger partial charge in [0, 0.05) is 24.7 Å². The van der Waals surface area contributed by atoms with Crippen molar-refractivity contribution in [2.45, 2.75) is 44.9 Å². The molecule has 2 aliphatic rings. The molecule has 1 aliphatic heterocycles. The average molecular weight is 302 g/mol. The number of amides is 1. The van der Waals surface area contributed by atoms with Gasteiger partial charge in [0.2, 0.25) is 5.91 Å². The van der Waals surface area contributed by atoms with Crippen LogP contribution in [0.3, 0.4) is 0 Å². The monoisotopic (exact) mass is 302 g/mol. The molecule has 1 heterocycles. The molecular formula is C18H26N2O2. The summed E-state index contributed by atoms with van der Waals surface area (Å²) in [6, 6.07) is 6.11. The van der Waals surface area contributed by atoms with Crippen molar-refractivity contribution in [1.82, 2.24) is 0 Å². The molecule has 120 valence electrons. The summed E-state index contributed by atoms with van der Waals surface area (Å²) in [6.45, 7) is 2.20. The number of nitrogens with one attached hydrogen (secondary N) is 1. The molecule has 1 N–H and O–H groups in total. The summed E-state index contributed by atoms with van der Waals surface area (Å²) in [5.74, 6) is 1.05. The van der Waals surface area contributed by atoms with Crippen LogP contribution in [0.4, 0.5) is 11.4 Å². The summed E-state index contributed by atoms with van der Waals surface area (Å²) >= 11 is 0. The number of anilines is 2. The van der Waals surface area contributed by atoms with E-state index in [-0.39, 0.29) is 11.8 Å². The second-order valence-electron chi connectivity index (χ2n) is 6.40. The molecule has 0 radical (unpaired) electrons. The van der Waals surface area contributed by atoms with Crippen LogP contribution in [-0.2, 0) is 4.79 Å². The van der Waals surface area contributed by atoms with E-state index in [0.717, 1.165) is 37.4 Å². The molecule has 2 fully saturated rings. The van der Waals surface area contributed by atoms with Gasteiger partial charge in [-0.1, -0.05) is 19.3 Å². The van der Waals surface area contributed by atoms with E-state index in [9.17, 15) is 4.79 Å². The Kier molecular flexibility index (Phi) is 4.86. The minimum absolute atomic E-state index is 0.150. The summed E-state index contributed by atoms with van der Waals surface area (Å²) < 4.78 is 5.42. The molecule has 1 saturated carbocycles. The Morgan fingerprint density at radius 1 is 1.14 bits per heavy atom. The number of benzene rings is 1. The standard InChI is InChI=1S/C18H26N2O2/c1-22-17-10-9-15(20-11-5-6-12-20)13-16(17)19-18(21)14-7-3-2-4-8-14/h9-10,13-14H,2-8,11-12H2,1H3,(H,19,21). The molecule has 0 spiro atoms. The fourth-order valence-corrected chi connectivity index (χ4v) is 3.57. The first-order valence-electron chi connectivity index (χ1n) is 8.52. The third kappa shape index (κ3) is 3.37. The summed E-state index contributed by atoms with van der Waals surface area (Å²) in [7, 11) is 1.65.